The molecule has 0 aliphatic carbocycles. The third-order valence-corrected chi connectivity index (χ3v) is 2.59. The average molecular weight is 198 g/mol. The van der Waals surface area contributed by atoms with Crippen LogP contribution in [0, 0.1) is 0 Å². The van der Waals surface area contributed by atoms with E-state index in [1.165, 1.54) is 11.9 Å². The summed E-state index contributed by atoms with van der Waals surface area (Å²) in [6.07, 6.45) is 2.42. The van der Waals surface area contributed by atoms with Gasteiger partial charge in [-0.2, -0.15) is 0 Å². The minimum absolute atomic E-state index is 0.0869. The van der Waals surface area contributed by atoms with Gasteiger partial charge in [-0.1, -0.05) is 13.3 Å². The van der Waals surface area contributed by atoms with Crippen molar-refractivity contribution in [2.45, 2.75) is 45.2 Å². The van der Waals surface area contributed by atoms with E-state index in [2.05, 4.69) is 12.2 Å². The standard InChI is InChI=1S/C10H18N2O2/c1-4-5-7(2)11-8-6-9(13)12(3)10(8)14/h7-8,11H,4-6H2,1-3H3. The Morgan fingerprint density at radius 3 is 2.64 bits per heavy atom. The maximum Gasteiger partial charge on any atom is 0.246 e. The highest BCUT2D eigenvalue weighted by Crippen LogP contribution is 2.11. The van der Waals surface area contributed by atoms with E-state index in [9.17, 15) is 9.59 Å². The Labute approximate surface area is 84.7 Å². The Bertz CT molecular complexity index is 240. The molecule has 1 N–H and O–H groups in total. The lowest BCUT2D eigenvalue weighted by molar-refractivity contribution is -0.137. The maximum atomic E-state index is 11.5. The third-order valence-electron chi connectivity index (χ3n) is 2.59. The van der Waals surface area contributed by atoms with E-state index in [1.54, 1.807) is 0 Å². The first-order valence-electron chi connectivity index (χ1n) is 5.12. The van der Waals surface area contributed by atoms with Crippen molar-refractivity contribution >= 4 is 11.8 Å². The molecule has 0 saturated carbocycles. The summed E-state index contributed by atoms with van der Waals surface area (Å²) in [5, 5.41) is 3.18. The van der Waals surface area contributed by atoms with Gasteiger partial charge < -0.3 is 5.32 Å². The van der Waals surface area contributed by atoms with Crippen LogP contribution in [0.5, 0.6) is 0 Å². The van der Waals surface area contributed by atoms with Gasteiger partial charge >= 0.3 is 0 Å². The molecule has 0 spiro atoms. The van der Waals surface area contributed by atoms with Crippen molar-refractivity contribution in [2.24, 2.45) is 0 Å². The molecule has 4 nitrogen and oxygen atoms in total. The van der Waals surface area contributed by atoms with Crippen LogP contribution in [0.4, 0.5) is 0 Å². The van der Waals surface area contributed by atoms with E-state index >= 15 is 0 Å². The summed E-state index contributed by atoms with van der Waals surface area (Å²) < 4.78 is 0. The molecular formula is C10H18N2O2. The van der Waals surface area contributed by atoms with E-state index in [1.807, 2.05) is 6.92 Å². The molecule has 2 atom stereocenters. The number of likely N-dealkylation sites (tertiary alicyclic amines) is 1. The summed E-state index contributed by atoms with van der Waals surface area (Å²) >= 11 is 0. The van der Waals surface area contributed by atoms with Crippen molar-refractivity contribution in [1.29, 1.82) is 0 Å². The van der Waals surface area contributed by atoms with Crippen LogP contribution in [-0.4, -0.2) is 35.8 Å². The second kappa shape index (κ2) is 4.55. The first-order chi connectivity index (χ1) is 6.56. The van der Waals surface area contributed by atoms with Crippen molar-refractivity contribution in [2.75, 3.05) is 7.05 Å². The highest BCUT2D eigenvalue weighted by molar-refractivity contribution is 6.05. The van der Waals surface area contributed by atoms with Crippen LogP contribution < -0.4 is 5.32 Å². The highest BCUT2D eigenvalue weighted by atomic mass is 16.2. The number of likely N-dealkylation sites (N-methyl/N-ethyl adjacent to an activating group) is 1. The van der Waals surface area contributed by atoms with Crippen LogP contribution in [0.2, 0.25) is 0 Å². The molecule has 0 radical (unpaired) electrons. The van der Waals surface area contributed by atoms with Gasteiger partial charge in [0.05, 0.1) is 12.5 Å². The number of amides is 2. The number of rotatable bonds is 4. The molecule has 1 aliphatic heterocycles. The molecule has 2 amide bonds. The van der Waals surface area contributed by atoms with Gasteiger partial charge in [0.25, 0.3) is 0 Å². The zero-order valence-electron chi connectivity index (χ0n) is 9.04. The predicted molar refractivity (Wildman–Crippen MR) is 53.7 cm³/mol. The molecule has 0 aromatic rings. The Kier molecular flexibility index (Phi) is 3.63. The zero-order chi connectivity index (χ0) is 10.7. The number of hydrogen-bond donors (Lipinski definition) is 1. The minimum Gasteiger partial charge on any atom is -0.303 e. The van der Waals surface area contributed by atoms with Crippen molar-refractivity contribution in [1.82, 2.24) is 10.2 Å². The molecule has 1 rings (SSSR count). The fourth-order valence-corrected chi connectivity index (χ4v) is 1.75. The number of nitrogens with one attached hydrogen (secondary N) is 1. The summed E-state index contributed by atoms with van der Waals surface area (Å²) in [7, 11) is 1.54. The first-order valence-corrected chi connectivity index (χ1v) is 5.12. The SMILES string of the molecule is CCCC(C)NC1CC(=O)N(C)C1=O. The second-order valence-electron chi connectivity index (χ2n) is 3.90. The largest absolute Gasteiger partial charge is 0.303 e. The van der Waals surface area contributed by atoms with Gasteiger partial charge in [0, 0.05) is 13.1 Å². The van der Waals surface area contributed by atoms with Crippen molar-refractivity contribution in [3.63, 3.8) is 0 Å². The van der Waals surface area contributed by atoms with Crippen LogP contribution >= 0.6 is 0 Å². The summed E-state index contributed by atoms with van der Waals surface area (Å²) in [4.78, 5) is 23.9. The van der Waals surface area contributed by atoms with Gasteiger partial charge in [0.15, 0.2) is 0 Å². The summed E-state index contributed by atoms with van der Waals surface area (Å²) in [5.41, 5.74) is 0. The van der Waals surface area contributed by atoms with E-state index in [-0.39, 0.29) is 17.9 Å². The molecule has 0 aromatic heterocycles. The minimum atomic E-state index is -0.297. The Balaban J connectivity index is 2.47. The van der Waals surface area contributed by atoms with Gasteiger partial charge in [-0.25, -0.2) is 0 Å². The van der Waals surface area contributed by atoms with Crippen LogP contribution in [0.3, 0.4) is 0 Å². The highest BCUT2D eigenvalue weighted by Gasteiger charge is 2.36. The predicted octanol–water partition coefficient (Wildman–Crippen LogP) is 0.522. The first kappa shape index (κ1) is 11.2. The van der Waals surface area contributed by atoms with Crippen molar-refractivity contribution in [3.8, 4) is 0 Å². The van der Waals surface area contributed by atoms with Gasteiger partial charge in [0.2, 0.25) is 11.8 Å². The molecule has 1 aliphatic rings. The summed E-state index contributed by atoms with van der Waals surface area (Å²) in [6.45, 7) is 4.14. The fraction of sp³-hybridized carbons (Fsp3) is 0.800. The monoisotopic (exact) mass is 198 g/mol. The molecule has 0 bridgehead atoms. The van der Waals surface area contributed by atoms with Crippen molar-refractivity contribution in [3.05, 3.63) is 0 Å². The number of carbonyl (C=O) groups is 2. The van der Waals surface area contributed by atoms with E-state index in [0.717, 1.165) is 12.8 Å². The molecular weight excluding hydrogens is 180 g/mol. The Morgan fingerprint density at radius 1 is 1.57 bits per heavy atom. The molecule has 1 saturated heterocycles. The molecule has 2 unspecified atom stereocenters. The lowest BCUT2D eigenvalue weighted by Crippen LogP contribution is -2.41. The quantitative estimate of drug-likeness (QED) is 0.670. The van der Waals surface area contributed by atoms with E-state index < -0.39 is 0 Å². The van der Waals surface area contributed by atoms with Gasteiger partial charge in [-0.05, 0) is 13.3 Å². The average Bonchev–Trinajstić information content (AvgIpc) is 2.34. The Hall–Kier alpha value is -0.900. The maximum absolute atomic E-state index is 11.5. The van der Waals surface area contributed by atoms with Crippen LogP contribution in [-0.2, 0) is 9.59 Å². The van der Waals surface area contributed by atoms with Gasteiger partial charge in [-0.15, -0.1) is 0 Å². The summed E-state index contributed by atoms with van der Waals surface area (Å²) in [5.74, 6) is -0.186. The molecule has 0 aromatic carbocycles. The smallest absolute Gasteiger partial charge is 0.246 e. The zero-order valence-corrected chi connectivity index (χ0v) is 9.04. The molecule has 4 heteroatoms. The van der Waals surface area contributed by atoms with Crippen LogP contribution in [0.25, 0.3) is 0 Å². The molecule has 80 valence electrons. The molecule has 1 fully saturated rings. The molecule has 1 heterocycles. The summed E-state index contributed by atoms with van der Waals surface area (Å²) in [6, 6.07) is 0.00213. The van der Waals surface area contributed by atoms with Crippen LogP contribution in [0.1, 0.15) is 33.1 Å². The molecule has 14 heavy (non-hydrogen) atoms. The second-order valence-corrected chi connectivity index (χ2v) is 3.90. The van der Waals surface area contributed by atoms with Gasteiger partial charge in [-0.3, -0.25) is 14.5 Å². The van der Waals surface area contributed by atoms with Crippen molar-refractivity contribution < 1.29 is 9.59 Å². The van der Waals surface area contributed by atoms with Crippen LogP contribution in [0.15, 0.2) is 0 Å². The number of imide groups is 1. The van der Waals surface area contributed by atoms with E-state index in [0.29, 0.717) is 12.5 Å². The Morgan fingerprint density at radius 2 is 2.21 bits per heavy atom. The fourth-order valence-electron chi connectivity index (χ4n) is 1.75. The lowest BCUT2D eigenvalue weighted by atomic mass is 10.1. The number of carbonyl (C=O) groups excluding carboxylic acids is 2. The lowest BCUT2D eigenvalue weighted by Gasteiger charge is -2.16. The van der Waals surface area contributed by atoms with E-state index in [4.69, 9.17) is 0 Å². The third kappa shape index (κ3) is 2.32. The number of hydrogen-bond acceptors (Lipinski definition) is 3. The normalized spacial score (nSPS) is 24.5. The number of nitrogens with zero attached hydrogens (tertiary/aromatic N) is 1. The topological polar surface area (TPSA) is 49.4 Å². The van der Waals surface area contributed by atoms with Gasteiger partial charge in [0.1, 0.15) is 0 Å².